The van der Waals surface area contributed by atoms with Gasteiger partial charge in [0.25, 0.3) is 11.8 Å². The van der Waals surface area contributed by atoms with Gasteiger partial charge in [-0.1, -0.05) is 36.4 Å². The highest BCUT2D eigenvalue weighted by Gasteiger charge is 2.30. The van der Waals surface area contributed by atoms with Crippen LogP contribution >= 0.6 is 0 Å². The summed E-state index contributed by atoms with van der Waals surface area (Å²) in [7, 11) is 0. The predicted molar refractivity (Wildman–Crippen MR) is 107 cm³/mol. The summed E-state index contributed by atoms with van der Waals surface area (Å²) in [5.74, 6) is -0.739. The maximum atomic E-state index is 12.5. The third-order valence-corrected chi connectivity index (χ3v) is 4.31. The number of nitrogens with zero attached hydrogens (tertiary/aromatic N) is 2. The first-order valence-electron chi connectivity index (χ1n) is 9.14. The lowest BCUT2D eigenvalue weighted by atomic mass is 10.1. The van der Waals surface area contributed by atoms with Gasteiger partial charge in [0.05, 0.1) is 5.57 Å². The molecule has 1 aliphatic heterocycles. The summed E-state index contributed by atoms with van der Waals surface area (Å²) in [6, 6.07) is 12.8. The Morgan fingerprint density at radius 2 is 1.89 bits per heavy atom. The van der Waals surface area contributed by atoms with Crippen molar-refractivity contribution in [1.29, 1.82) is 0 Å². The molecular formula is C22H21N3O3. The zero-order chi connectivity index (χ0) is 19.8. The highest BCUT2D eigenvalue weighted by molar-refractivity contribution is 6.33. The highest BCUT2D eigenvalue weighted by atomic mass is 16.2. The highest BCUT2D eigenvalue weighted by Crippen LogP contribution is 2.23. The van der Waals surface area contributed by atoms with Crippen molar-refractivity contribution in [2.24, 2.45) is 0 Å². The van der Waals surface area contributed by atoms with E-state index in [4.69, 9.17) is 0 Å². The Labute approximate surface area is 163 Å². The molecule has 0 bridgehead atoms. The van der Waals surface area contributed by atoms with E-state index < -0.39 is 0 Å². The summed E-state index contributed by atoms with van der Waals surface area (Å²) in [4.78, 5) is 41.6. The van der Waals surface area contributed by atoms with Crippen LogP contribution < -0.4 is 5.32 Å². The van der Waals surface area contributed by atoms with Gasteiger partial charge >= 0.3 is 0 Å². The van der Waals surface area contributed by atoms with Crippen molar-refractivity contribution in [2.75, 3.05) is 13.1 Å². The van der Waals surface area contributed by atoms with Crippen LogP contribution in [0.4, 0.5) is 0 Å². The minimum Gasteiger partial charge on any atom is -0.353 e. The average molecular weight is 375 g/mol. The zero-order valence-electron chi connectivity index (χ0n) is 15.4. The van der Waals surface area contributed by atoms with E-state index in [1.807, 2.05) is 36.4 Å². The second-order valence-electron chi connectivity index (χ2n) is 6.34. The third-order valence-electron chi connectivity index (χ3n) is 4.31. The number of carbonyl (C=O) groups is 3. The van der Waals surface area contributed by atoms with Crippen LogP contribution in [0.2, 0.25) is 0 Å². The van der Waals surface area contributed by atoms with Gasteiger partial charge in [-0.25, -0.2) is 0 Å². The van der Waals surface area contributed by atoms with Gasteiger partial charge in [-0.05, 0) is 36.1 Å². The number of nitrogens with one attached hydrogen (secondary N) is 1. The van der Waals surface area contributed by atoms with Gasteiger partial charge in [-0.15, -0.1) is 0 Å². The van der Waals surface area contributed by atoms with Gasteiger partial charge in [0, 0.05) is 37.6 Å². The fraction of sp³-hybridized carbons (Fsp3) is 0.182. The minimum absolute atomic E-state index is 0.190. The van der Waals surface area contributed by atoms with Gasteiger partial charge in [0.2, 0.25) is 5.91 Å². The van der Waals surface area contributed by atoms with E-state index in [9.17, 15) is 14.4 Å². The average Bonchev–Trinajstić information content (AvgIpc) is 3.01. The molecule has 142 valence electrons. The van der Waals surface area contributed by atoms with Gasteiger partial charge in [0.1, 0.15) is 0 Å². The van der Waals surface area contributed by atoms with E-state index in [1.54, 1.807) is 24.5 Å². The van der Waals surface area contributed by atoms with Crippen LogP contribution in [0.25, 0.3) is 11.6 Å². The monoisotopic (exact) mass is 375 g/mol. The first-order chi connectivity index (χ1) is 13.6. The van der Waals surface area contributed by atoms with E-state index in [1.165, 1.54) is 17.1 Å². The number of rotatable bonds is 8. The van der Waals surface area contributed by atoms with E-state index in [2.05, 4.69) is 10.3 Å². The first-order valence-corrected chi connectivity index (χ1v) is 9.14. The van der Waals surface area contributed by atoms with E-state index in [0.717, 1.165) is 11.1 Å². The second-order valence-corrected chi connectivity index (χ2v) is 6.34. The fourth-order valence-electron chi connectivity index (χ4n) is 2.86. The van der Waals surface area contributed by atoms with Crippen molar-refractivity contribution < 1.29 is 14.4 Å². The number of aromatic nitrogens is 1. The Morgan fingerprint density at radius 1 is 1.07 bits per heavy atom. The SMILES string of the molecule is O=C(C=Cc1cccnc1)NCCCCN1C(=O)C=C(c2ccccc2)C1=O. The number of imide groups is 1. The molecule has 0 saturated carbocycles. The van der Waals surface area contributed by atoms with Crippen LogP contribution in [0.3, 0.4) is 0 Å². The molecule has 2 aromatic rings. The lowest BCUT2D eigenvalue weighted by Gasteiger charge is -2.14. The van der Waals surface area contributed by atoms with Crippen molar-refractivity contribution >= 4 is 29.4 Å². The van der Waals surface area contributed by atoms with Crippen LogP contribution in [-0.2, 0) is 14.4 Å². The molecule has 0 saturated heterocycles. The Morgan fingerprint density at radius 3 is 2.64 bits per heavy atom. The number of unbranched alkanes of at least 4 members (excludes halogenated alkanes) is 1. The molecule has 6 nitrogen and oxygen atoms in total. The summed E-state index contributed by atoms with van der Waals surface area (Å²) >= 11 is 0. The Kier molecular flexibility index (Phi) is 6.46. The molecule has 2 heterocycles. The number of benzene rings is 1. The molecule has 6 heteroatoms. The topological polar surface area (TPSA) is 79.4 Å². The lowest BCUT2D eigenvalue weighted by molar-refractivity contribution is -0.136. The quantitative estimate of drug-likeness (QED) is 0.437. The molecule has 3 amide bonds. The zero-order valence-corrected chi connectivity index (χ0v) is 15.4. The molecule has 0 atom stereocenters. The van der Waals surface area contributed by atoms with Crippen molar-refractivity contribution in [3.8, 4) is 0 Å². The number of hydrogen-bond donors (Lipinski definition) is 1. The van der Waals surface area contributed by atoms with E-state index in [-0.39, 0.29) is 17.7 Å². The Hall–Kier alpha value is -3.54. The molecule has 0 aliphatic carbocycles. The summed E-state index contributed by atoms with van der Waals surface area (Å²) in [6.45, 7) is 0.817. The summed E-state index contributed by atoms with van der Waals surface area (Å²) in [5.41, 5.74) is 2.03. The second kappa shape index (κ2) is 9.41. The summed E-state index contributed by atoms with van der Waals surface area (Å²) < 4.78 is 0. The predicted octanol–water partition coefficient (Wildman–Crippen LogP) is 2.44. The number of carbonyl (C=O) groups excluding carboxylic acids is 3. The molecule has 1 aromatic heterocycles. The normalized spacial score (nSPS) is 13.9. The maximum absolute atomic E-state index is 12.5. The van der Waals surface area contributed by atoms with Crippen LogP contribution in [0, 0.1) is 0 Å². The number of pyridine rings is 1. The van der Waals surface area contributed by atoms with Crippen molar-refractivity contribution in [2.45, 2.75) is 12.8 Å². The third kappa shape index (κ3) is 5.01. The molecule has 1 aliphatic rings. The number of amides is 3. The Balaban J connectivity index is 1.39. The van der Waals surface area contributed by atoms with Gasteiger partial charge in [0.15, 0.2) is 0 Å². The molecule has 1 N–H and O–H groups in total. The molecule has 28 heavy (non-hydrogen) atoms. The van der Waals surface area contributed by atoms with E-state index in [0.29, 0.717) is 31.5 Å². The molecule has 1 aromatic carbocycles. The summed E-state index contributed by atoms with van der Waals surface area (Å²) in [5, 5.41) is 2.79. The minimum atomic E-state index is -0.285. The van der Waals surface area contributed by atoms with Crippen LogP contribution in [0.5, 0.6) is 0 Å². The van der Waals surface area contributed by atoms with Crippen molar-refractivity contribution in [1.82, 2.24) is 15.2 Å². The van der Waals surface area contributed by atoms with Gasteiger partial charge < -0.3 is 5.32 Å². The maximum Gasteiger partial charge on any atom is 0.261 e. The standard InChI is InChI=1S/C22H21N3O3/c26-20(11-10-17-7-6-12-23-16-17)24-13-4-5-14-25-21(27)15-19(22(25)28)18-8-2-1-3-9-18/h1-3,6-12,15-16H,4-5,13-14H2,(H,24,26). The first kappa shape index (κ1) is 19.2. The summed E-state index contributed by atoms with van der Waals surface area (Å²) in [6.07, 6.45) is 9.19. The molecular weight excluding hydrogens is 354 g/mol. The van der Waals surface area contributed by atoms with Crippen molar-refractivity contribution in [3.63, 3.8) is 0 Å². The van der Waals surface area contributed by atoms with Gasteiger partial charge in [-0.3, -0.25) is 24.3 Å². The largest absolute Gasteiger partial charge is 0.353 e. The van der Waals surface area contributed by atoms with Crippen LogP contribution in [-0.4, -0.2) is 40.7 Å². The molecule has 3 rings (SSSR count). The molecule has 0 unspecified atom stereocenters. The molecule has 0 spiro atoms. The molecule has 0 radical (unpaired) electrons. The Bertz CT molecular complexity index is 905. The van der Waals surface area contributed by atoms with Crippen LogP contribution in [0.15, 0.2) is 67.0 Å². The fourth-order valence-corrected chi connectivity index (χ4v) is 2.86. The number of hydrogen-bond acceptors (Lipinski definition) is 4. The van der Waals surface area contributed by atoms with Gasteiger partial charge in [-0.2, -0.15) is 0 Å². The van der Waals surface area contributed by atoms with E-state index >= 15 is 0 Å². The van der Waals surface area contributed by atoms with Crippen LogP contribution in [0.1, 0.15) is 24.0 Å². The lowest BCUT2D eigenvalue weighted by Crippen LogP contribution is -2.32. The van der Waals surface area contributed by atoms with Crippen molar-refractivity contribution in [3.05, 3.63) is 78.1 Å². The smallest absolute Gasteiger partial charge is 0.261 e. The molecule has 0 fully saturated rings.